The summed E-state index contributed by atoms with van der Waals surface area (Å²) in [5.41, 5.74) is 1.87. The Hall–Kier alpha value is -2.66. The van der Waals surface area contributed by atoms with Gasteiger partial charge in [0.15, 0.2) is 5.78 Å². The maximum atomic E-state index is 13.6. The Bertz CT molecular complexity index is 938. The number of hydrogen-bond donors (Lipinski definition) is 0. The largest absolute Gasteiger partial charge is 0.444 e. The van der Waals surface area contributed by atoms with Crippen LogP contribution in [-0.2, 0) is 9.53 Å². The van der Waals surface area contributed by atoms with E-state index in [1.165, 1.54) is 11.1 Å². The lowest BCUT2D eigenvalue weighted by molar-refractivity contribution is -0.124. The molecule has 2 aromatic rings. The molecule has 5 heteroatoms. The minimum Gasteiger partial charge on any atom is -0.444 e. The lowest BCUT2D eigenvalue weighted by Gasteiger charge is -2.32. The van der Waals surface area contributed by atoms with Crippen molar-refractivity contribution in [1.82, 2.24) is 9.80 Å². The fourth-order valence-corrected chi connectivity index (χ4v) is 5.26. The molecule has 0 N–H and O–H groups in total. The lowest BCUT2D eigenvalue weighted by Crippen LogP contribution is -2.40. The Morgan fingerprint density at radius 2 is 1.66 bits per heavy atom. The number of carbonyl (C=O) groups is 2. The highest BCUT2D eigenvalue weighted by atomic mass is 16.6. The van der Waals surface area contributed by atoms with Crippen LogP contribution in [0.5, 0.6) is 0 Å². The fraction of sp³-hybridized carbons (Fsp3) is 0.481. The molecule has 170 valence electrons. The predicted octanol–water partition coefficient (Wildman–Crippen LogP) is 5.04. The van der Waals surface area contributed by atoms with Gasteiger partial charge in [-0.1, -0.05) is 60.7 Å². The summed E-state index contributed by atoms with van der Waals surface area (Å²) in [7, 11) is 0. The third kappa shape index (κ3) is 4.73. The molecule has 0 bridgehead atoms. The Balaban J connectivity index is 1.64. The van der Waals surface area contributed by atoms with Gasteiger partial charge in [0.05, 0.1) is 6.54 Å². The van der Waals surface area contributed by atoms with Crippen molar-refractivity contribution in [3.8, 4) is 0 Å². The van der Waals surface area contributed by atoms with Crippen LogP contribution in [0.2, 0.25) is 0 Å². The number of Topliss-reactive ketones (excluding diaryl/α,β-unsaturated/α-hetero) is 1. The van der Waals surface area contributed by atoms with Crippen molar-refractivity contribution in [3.63, 3.8) is 0 Å². The normalized spacial score (nSPS) is 25.2. The van der Waals surface area contributed by atoms with E-state index in [4.69, 9.17) is 4.74 Å². The molecule has 0 radical (unpaired) electrons. The van der Waals surface area contributed by atoms with Crippen molar-refractivity contribution in [2.24, 2.45) is 5.92 Å². The topological polar surface area (TPSA) is 49.9 Å². The van der Waals surface area contributed by atoms with Crippen molar-refractivity contribution in [2.75, 3.05) is 19.6 Å². The van der Waals surface area contributed by atoms with Gasteiger partial charge in [0.25, 0.3) is 0 Å². The van der Waals surface area contributed by atoms with E-state index < -0.39 is 11.7 Å². The van der Waals surface area contributed by atoms with E-state index in [9.17, 15) is 9.59 Å². The van der Waals surface area contributed by atoms with Crippen molar-refractivity contribution >= 4 is 11.9 Å². The molecule has 2 heterocycles. The summed E-state index contributed by atoms with van der Waals surface area (Å²) in [6.45, 7) is 9.28. The summed E-state index contributed by atoms with van der Waals surface area (Å²) < 4.78 is 5.58. The van der Waals surface area contributed by atoms with E-state index in [0.717, 1.165) is 13.0 Å². The van der Waals surface area contributed by atoms with Crippen molar-refractivity contribution in [3.05, 3.63) is 71.8 Å². The van der Waals surface area contributed by atoms with Crippen molar-refractivity contribution in [1.29, 1.82) is 0 Å². The van der Waals surface area contributed by atoms with Gasteiger partial charge in [-0.3, -0.25) is 9.69 Å². The van der Waals surface area contributed by atoms with Crippen LogP contribution < -0.4 is 0 Å². The summed E-state index contributed by atoms with van der Waals surface area (Å²) in [4.78, 5) is 30.4. The van der Waals surface area contributed by atoms with Gasteiger partial charge in [-0.15, -0.1) is 0 Å². The quantitative estimate of drug-likeness (QED) is 0.679. The monoisotopic (exact) mass is 434 g/mol. The summed E-state index contributed by atoms with van der Waals surface area (Å²) in [5, 5.41) is 0. The number of ether oxygens (including phenoxy) is 1. The Morgan fingerprint density at radius 3 is 2.28 bits per heavy atom. The second kappa shape index (κ2) is 9.07. The molecule has 1 amide bonds. The Labute approximate surface area is 191 Å². The first-order valence-corrected chi connectivity index (χ1v) is 11.6. The zero-order valence-corrected chi connectivity index (χ0v) is 19.5. The van der Waals surface area contributed by atoms with Crippen LogP contribution in [0.4, 0.5) is 4.79 Å². The molecular formula is C27H34N2O3. The van der Waals surface area contributed by atoms with E-state index in [1.54, 1.807) is 4.90 Å². The summed E-state index contributed by atoms with van der Waals surface area (Å²) in [6, 6.07) is 21.1. The number of likely N-dealkylation sites (tertiary alicyclic amines) is 2. The third-order valence-electron chi connectivity index (χ3n) is 6.75. The standard InChI is InChI=1S/C27H34N2O3/c1-19(20-11-7-5-8-12-20)29-17-22(21-13-9-6-10-14-21)25-23(29)15-16-28(18-24(25)30)26(31)32-27(2,3)4/h5-14,19,22-23,25H,15-18H2,1-4H3/t19-,22-,23+,25-/m1/s1. The first kappa shape index (κ1) is 22.5. The third-order valence-corrected chi connectivity index (χ3v) is 6.75. The van der Waals surface area contributed by atoms with Gasteiger partial charge in [0.2, 0.25) is 0 Å². The lowest BCUT2D eigenvalue weighted by atomic mass is 9.82. The van der Waals surface area contributed by atoms with Crippen LogP contribution in [0, 0.1) is 5.92 Å². The molecule has 2 aliphatic rings. The number of nitrogens with zero attached hydrogens (tertiary/aromatic N) is 2. The molecule has 0 aliphatic carbocycles. The highest BCUT2D eigenvalue weighted by Crippen LogP contribution is 2.44. The molecule has 5 nitrogen and oxygen atoms in total. The number of rotatable bonds is 3. The van der Waals surface area contributed by atoms with Gasteiger partial charge in [0, 0.05) is 37.0 Å². The average molecular weight is 435 g/mol. The highest BCUT2D eigenvalue weighted by molar-refractivity contribution is 5.88. The first-order chi connectivity index (χ1) is 15.2. The highest BCUT2D eigenvalue weighted by Gasteiger charge is 2.49. The van der Waals surface area contributed by atoms with Crippen LogP contribution in [-0.4, -0.2) is 53.0 Å². The minimum absolute atomic E-state index is 0.0929. The van der Waals surface area contributed by atoms with Crippen LogP contribution in [0.15, 0.2) is 60.7 Å². The molecule has 4 atom stereocenters. The molecule has 2 fully saturated rings. The van der Waals surface area contributed by atoms with Crippen LogP contribution >= 0.6 is 0 Å². The zero-order chi connectivity index (χ0) is 22.9. The predicted molar refractivity (Wildman–Crippen MR) is 125 cm³/mol. The number of benzene rings is 2. The van der Waals surface area contributed by atoms with Gasteiger partial charge < -0.3 is 9.64 Å². The summed E-state index contributed by atoms with van der Waals surface area (Å²) >= 11 is 0. The fourth-order valence-electron chi connectivity index (χ4n) is 5.26. The van der Waals surface area contributed by atoms with E-state index in [0.29, 0.717) is 6.54 Å². The molecule has 0 saturated carbocycles. The van der Waals surface area contributed by atoms with Crippen LogP contribution in [0.25, 0.3) is 0 Å². The maximum Gasteiger partial charge on any atom is 0.410 e. The van der Waals surface area contributed by atoms with Gasteiger partial charge in [-0.2, -0.15) is 0 Å². The number of fused-ring (bicyclic) bond motifs is 1. The Kier molecular flexibility index (Phi) is 6.38. The van der Waals surface area contributed by atoms with E-state index in [2.05, 4.69) is 48.2 Å². The first-order valence-electron chi connectivity index (χ1n) is 11.6. The van der Waals surface area contributed by atoms with E-state index in [-0.39, 0.29) is 36.2 Å². The molecule has 2 aromatic carbocycles. The zero-order valence-electron chi connectivity index (χ0n) is 19.5. The number of hydrogen-bond acceptors (Lipinski definition) is 4. The molecule has 2 saturated heterocycles. The molecule has 2 aliphatic heterocycles. The van der Waals surface area contributed by atoms with Gasteiger partial charge in [-0.25, -0.2) is 4.79 Å². The summed E-state index contributed by atoms with van der Waals surface area (Å²) in [5.74, 6) is 0.129. The van der Waals surface area contributed by atoms with Gasteiger partial charge >= 0.3 is 6.09 Å². The Morgan fingerprint density at radius 1 is 1.03 bits per heavy atom. The van der Waals surface area contributed by atoms with E-state index in [1.807, 2.05) is 45.0 Å². The molecule has 4 rings (SSSR count). The number of carbonyl (C=O) groups excluding carboxylic acids is 2. The molecule has 0 unspecified atom stereocenters. The van der Waals surface area contributed by atoms with Gasteiger partial charge in [0.1, 0.15) is 5.60 Å². The van der Waals surface area contributed by atoms with Crippen LogP contribution in [0.1, 0.15) is 57.2 Å². The molecular weight excluding hydrogens is 400 g/mol. The summed E-state index contributed by atoms with van der Waals surface area (Å²) in [6.07, 6.45) is 0.362. The second-order valence-electron chi connectivity index (χ2n) is 10.1. The maximum absolute atomic E-state index is 13.6. The van der Waals surface area contributed by atoms with Crippen molar-refractivity contribution < 1.29 is 14.3 Å². The van der Waals surface area contributed by atoms with Crippen LogP contribution in [0.3, 0.4) is 0 Å². The van der Waals surface area contributed by atoms with Gasteiger partial charge in [-0.05, 0) is 45.2 Å². The number of amides is 1. The van der Waals surface area contributed by atoms with Crippen molar-refractivity contribution in [2.45, 2.75) is 57.7 Å². The molecule has 0 aromatic heterocycles. The smallest absolute Gasteiger partial charge is 0.410 e. The second-order valence-corrected chi connectivity index (χ2v) is 10.1. The minimum atomic E-state index is -0.581. The number of ketones is 1. The van der Waals surface area contributed by atoms with E-state index >= 15 is 0 Å². The average Bonchev–Trinajstić information content (AvgIpc) is 3.06. The SMILES string of the molecule is C[C@H](c1ccccc1)N1C[C@H](c2ccccc2)[C@H]2C(=O)CN(C(=O)OC(C)(C)C)CC[C@@H]21. The molecule has 32 heavy (non-hydrogen) atoms. The molecule has 0 spiro atoms.